The minimum Gasteiger partial charge on any atom is -0.457 e. The smallest absolute Gasteiger partial charge is 0.339 e. The Morgan fingerprint density at radius 3 is 2.48 bits per heavy atom. The minimum atomic E-state index is -0.585. The fraction of sp³-hybridized carbons (Fsp3) is 0.0435. The highest BCUT2D eigenvalue weighted by Crippen LogP contribution is 2.27. The van der Waals surface area contributed by atoms with Gasteiger partial charge >= 0.3 is 5.97 Å². The number of carbonyl (C=O) groups excluding carboxylic acids is 1. The SMILES string of the molecule is O=C(OCc1c(F)cccc1Cl)c1cc(-c2ccc(Cl)cc2)nc2ccccc12. The molecular weight excluding hydrogens is 412 g/mol. The molecule has 0 bridgehead atoms. The first-order valence-corrected chi connectivity index (χ1v) is 9.54. The van der Waals surface area contributed by atoms with Crippen LogP contribution < -0.4 is 0 Å². The molecule has 29 heavy (non-hydrogen) atoms. The number of halogens is 3. The van der Waals surface area contributed by atoms with Crippen molar-refractivity contribution in [3.8, 4) is 11.3 Å². The quantitative estimate of drug-likeness (QED) is 0.341. The van der Waals surface area contributed by atoms with Crippen LogP contribution in [0.3, 0.4) is 0 Å². The predicted octanol–water partition coefficient (Wildman–Crippen LogP) is 6.70. The molecule has 0 aliphatic heterocycles. The van der Waals surface area contributed by atoms with E-state index in [1.165, 1.54) is 12.1 Å². The van der Waals surface area contributed by atoms with Crippen molar-refractivity contribution < 1.29 is 13.9 Å². The Bertz CT molecular complexity index is 1190. The molecule has 0 spiro atoms. The summed E-state index contributed by atoms with van der Waals surface area (Å²) in [7, 11) is 0. The molecule has 1 heterocycles. The number of carbonyl (C=O) groups is 1. The highest BCUT2D eigenvalue weighted by molar-refractivity contribution is 6.31. The molecule has 144 valence electrons. The molecule has 0 aliphatic rings. The van der Waals surface area contributed by atoms with E-state index in [1.807, 2.05) is 30.3 Å². The molecule has 3 nitrogen and oxygen atoms in total. The van der Waals surface area contributed by atoms with Crippen LogP contribution in [0.4, 0.5) is 4.39 Å². The number of rotatable bonds is 4. The summed E-state index contributed by atoms with van der Waals surface area (Å²) in [4.78, 5) is 17.5. The van der Waals surface area contributed by atoms with E-state index in [1.54, 1.807) is 30.3 Å². The minimum absolute atomic E-state index is 0.138. The van der Waals surface area contributed by atoms with Gasteiger partial charge in [-0.2, -0.15) is 0 Å². The van der Waals surface area contributed by atoms with Gasteiger partial charge in [-0.1, -0.05) is 59.6 Å². The average molecular weight is 426 g/mol. The summed E-state index contributed by atoms with van der Waals surface area (Å²) in [6, 6.07) is 20.4. The van der Waals surface area contributed by atoms with Crippen LogP contribution in [0.2, 0.25) is 10.0 Å². The molecule has 0 fully saturated rings. The van der Waals surface area contributed by atoms with E-state index in [0.717, 1.165) is 5.56 Å². The summed E-state index contributed by atoms with van der Waals surface area (Å²) >= 11 is 12.0. The van der Waals surface area contributed by atoms with Gasteiger partial charge in [0.05, 0.1) is 21.8 Å². The number of aromatic nitrogens is 1. The summed E-state index contributed by atoms with van der Waals surface area (Å²) in [6.07, 6.45) is 0. The van der Waals surface area contributed by atoms with Crippen LogP contribution in [0.25, 0.3) is 22.2 Å². The first-order valence-electron chi connectivity index (χ1n) is 8.78. The fourth-order valence-corrected chi connectivity index (χ4v) is 3.34. The van der Waals surface area contributed by atoms with Crippen LogP contribution in [-0.2, 0) is 11.3 Å². The third-order valence-electron chi connectivity index (χ3n) is 4.49. The van der Waals surface area contributed by atoms with Gasteiger partial charge in [-0.25, -0.2) is 14.2 Å². The molecular formula is C23H14Cl2FNO2. The van der Waals surface area contributed by atoms with Crippen molar-refractivity contribution in [1.82, 2.24) is 4.98 Å². The fourth-order valence-electron chi connectivity index (χ4n) is 3.00. The highest BCUT2D eigenvalue weighted by Gasteiger charge is 2.17. The van der Waals surface area contributed by atoms with Crippen LogP contribution in [0.1, 0.15) is 15.9 Å². The van der Waals surface area contributed by atoms with Crippen LogP contribution >= 0.6 is 23.2 Å². The number of hydrogen-bond acceptors (Lipinski definition) is 3. The molecule has 0 N–H and O–H groups in total. The summed E-state index contributed by atoms with van der Waals surface area (Å²) in [5.74, 6) is -1.11. The molecule has 0 aliphatic carbocycles. The number of para-hydroxylation sites is 1. The molecule has 1 aromatic heterocycles. The molecule has 0 radical (unpaired) electrons. The zero-order chi connectivity index (χ0) is 20.4. The van der Waals surface area contributed by atoms with E-state index < -0.39 is 11.8 Å². The molecule has 4 rings (SSSR count). The lowest BCUT2D eigenvalue weighted by Gasteiger charge is -2.11. The molecule has 0 amide bonds. The number of nitrogens with zero attached hydrogens (tertiary/aromatic N) is 1. The third kappa shape index (κ3) is 4.09. The van der Waals surface area contributed by atoms with Crippen molar-refractivity contribution in [2.24, 2.45) is 0 Å². The van der Waals surface area contributed by atoms with Crippen molar-refractivity contribution in [3.63, 3.8) is 0 Å². The van der Waals surface area contributed by atoms with Crippen molar-refractivity contribution in [1.29, 1.82) is 0 Å². The van der Waals surface area contributed by atoms with E-state index in [4.69, 9.17) is 27.9 Å². The van der Waals surface area contributed by atoms with E-state index in [9.17, 15) is 9.18 Å². The lowest BCUT2D eigenvalue weighted by atomic mass is 10.0. The van der Waals surface area contributed by atoms with Gasteiger partial charge in [0.25, 0.3) is 0 Å². The van der Waals surface area contributed by atoms with E-state index in [0.29, 0.717) is 27.2 Å². The maximum absolute atomic E-state index is 14.0. The topological polar surface area (TPSA) is 39.2 Å². The molecule has 0 saturated carbocycles. The normalized spacial score (nSPS) is 10.9. The molecule has 0 saturated heterocycles. The van der Waals surface area contributed by atoms with Gasteiger partial charge < -0.3 is 4.74 Å². The Labute approximate surface area is 176 Å². The molecule has 6 heteroatoms. The maximum Gasteiger partial charge on any atom is 0.339 e. The number of ether oxygens (including phenoxy) is 1. The zero-order valence-corrected chi connectivity index (χ0v) is 16.5. The summed E-state index contributed by atoms with van der Waals surface area (Å²) in [5, 5.41) is 1.46. The van der Waals surface area contributed by atoms with Crippen LogP contribution in [0.15, 0.2) is 72.8 Å². The van der Waals surface area contributed by atoms with Crippen molar-refractivity contribution in [2.45, 2.75) is 6.61 Å². The number of pyridine rings is 1. The number of benzene rings is 3. The lowest BCUT2D eigenvalue weighted by Crippen LogP contribution is -2.08. The summed E-state index contributed by atoms with van der Waals surface area (Å²) in [5.41, 5.74) is 2.55. The van der Waals surface area contributed by atoms with Crippen molar-refractivity contribution in [3.05, 3.63) is 99.8 Å². The van der Waals surface area contributed by atoms with Gasteiger partial charge in [0.15, 0.2) is 0 Å². The van der Waals surface area contributed by atoms with E-state index in [-0.39, 0.29) is 17.2 Å². The predicted molar refractivity (Wildman–Crippen MR) is 113 cm³/mol. The van der Waals surface area contributed by atoms with Gasteiger partial charge in [-0.05, 0) is 36.4 Å². The monoisotopic (exact) mass is 425 g/mol. The van der Waals surface area contributed by atoms with Crippen LogP contribution in [0, 0.1) is 5.82 Å². The van der Waals surface area contributed by atoms with Crippen molar-refractivity contribution in [2.75, 3.05) is 0 Å². The Balaban J connectivity index is 1.72. The standard InChI is InChI=1S/C23H14Cl2FNO2/c24-15-10-8-14(9-11-15)22-12-17(16-4-1-2-7-21(16)27-22)23(28)29-13-18-19(25)5-3-6-20(18)26/h1-12H,13H2. The Morgan fingerprint density at radius 2 is 1.72 bits per heavy atom. The zero-order valence-electron chi connectivity index (χ0n) is 15.0. The van der Waals surface area contributed by atoms with Crippen molar-refractivity contribution >= 4 is 40.1 Å². The summed E-state index contributed by atoms with van der Waals surface area (Å²) < 4.78 is 19.4. The summed E-state index contributed by atoms with van der Waals surface area (Å²) in [6.45, 7) is -0.267. The second kappa shape index (κ2) is 8.19. The van der Waals surface area contributed by atoms with E-state index in [2.05, 4.69) is 4.98 Å². The Kier molecular flexibility index (Phi) is 5.47. The van der Waals surface area contributed by atoms with Gasteiger partial charge in [0, 0.05) is 21.5 Å². The first kappa shape index (κ1) is 19.4. The Morgan fingerprint density at radius 1 is 0.966 bits per heavy atom. The third-order valence-corrected chi connectivity index (χ3v) is 5.09. The maximum atomic E-state index is 14.0. The lowest BCUT2D eigenvalue weighted by molar-refractivity contribution is 0.0471. The van der Waals surface area contributed by atoms with Crippen LogP contribution in [-0.4, -0.2) is 11.0 Å². The second-order valence-electron chi connectivity index (χ2n) is 6.36. The highest BCUT2D eigenvalue weighted by atomic mass is 35.5. The number of esters is 1. The molecule has 4 aromatic rings. The van der Waals surface area contributed by atoms with Gasteiger partial charge in [-0.15, -0.1) is 0 Å². The number of fused-ring (bicyclic) bond motifs is 1. The molecule has 0 atom stereocenters. The van der Waals surface area contributed by atoms with Gasteiger partial charge in [0.1, 0.15) is 12.4 Å². The van der Waals surface area contributed by atoms with E-state index >= 15 is 0 Å². The Hall–Kier alpha value is -2.95. The second-order valence-corrected chi connectivity index (χ2v) is 7.20. The van der Waals surface area contributed by atoms with Gasteiger partial charge in [0.2, 0.25) is 0 Å². The molecule has 3 aromatic carbocycles. The van der Waals surface area contributed by atoms with Crippen LogP contribution in [0.5, 0.6) is 0 Å². The molecule has 0 unspecified atom stereocenters. The average Bonchev–Trinajstić information content (AvgIpc) is 2.73. The van der Waals surface area contributed by atoms with Gasteiger partial charge in [-0.3, -0.25) is 0 Å². The largest absolute Gasteiger partial charge is 0.457 e. The first-order chi connectivity index (χ1) is 14.0. The number of hydrogen-bond donors (Lipinski definition) is 0.